The highest BCUT2D eigenvalue weighted by atomic mass is 35.5. The third-order valence-corrected chi connectivity index (χ3v) is 6.24. The first-order valence-electron chi connectivity index (χ1n) is 10.7. The van der Waals surface area contributed by atoms with Crippen LogP contribution in [0.2, 0.25) is 10.0 Å². The van der Waals surface area contributed by atoms with Crippen LogP contribution in [0.25, 0.3) is 0 Å². The summed E-state index contributed by atoms with van der Waals surface area (Å²) in [6, 6.07) is 21.9. The average Bonchev–Trinajstić information content (AvgIpc) is 2.81. The molecule has 1 aliphatic rings. The van der Waals surface area contributed by atoms with Crippen molar-refractivity contribution in [3.63, 3.8) is 0 Å². The number of rotatable bonds is 6. The molecule has 6 heteroatoms. The predicted octanol–water partition coefficient (Wildman–Crippen LogP) is 6.08. The van der Waals surface area contributed by atoms with Gasteiger partial charge in [0.15, 0.2) is 5.78 Å². The summed E-state index contributed by atoms with van der Waals surface area (Å²) in [5.74, 6) is -0.322. The first kappa shape index (κ1) is 22.5. The molecule has 0 saturated carbocycles. The maximum Gasteiger partial charge on any atom is 0.227 e. The zero-order valence-corrected chi connectivity index (χ0v) is 19.1. The van der Waals surface area contributed by atoms with E-state index in [9.17, 15) is 9.59 Å². The van der Waals surface area contributed by atoms with E-state index in [-0.39, 0.29) is 17.6 Å². The van der Waals surface area contributed by atoms with Crippen LogP contribution in [0.15, 0.2) is 72.8 Å². The van der Waals surface area contributed by atoms with Gasteiger partial charge in [-0.15, -0.1) is 0 Å². The molecule has 32 heavy (non-hydrogen) atoms. The average molecular weight is 467 g/mol. The Hall–Kier alpha value is -2.66. The van der Waals surface area contributed by atoms with Gasteiger partial charge < -0.3 is 5.32 Å². The van der Waals surface area contributed by atoms with Crippen LogP contribution in [0.1, 0.15) is 34.3 Å². The van der Waals surface area contributed by atoms with Gasteiger partial charge in [0.2, 0.25) is 5.91 Å². The molecule has 1 heterocycles. The number of piperidine rings is 1. The molecule has 3 aromatic carbocycles. The second-order valence-corrected chi connectivity index (χ2v) is 8.93. The lowest BCUT2D eigenvalue weighted by Gasteiger charge is -2.31. The molecule has 1 N–H and O–H groups in total. The van der Waals surface area contributed by atoms with Crippen LogP contribution in [0.3, 0.4) is 0 Å². The summed E-state index contributed by atoms with van der Waals surface area (Å²) >= 11 is 12.2. The van der Waals surface area contributed by atoms with Gasteiger partial charge in [-0.25, -0.2) is 0 Å². The highest BCUT2D eigenvalue weighted by Gasteiger charge is 2.26. The highest BCUT2D eigenvalue weighted by molar-refractivity contribution is 6.31. The Kier molecular flexibility index (Phi) is 7.26. The second kappa shape index (κ2) is 10.3. The van der Waals surface area contributed by atoms with E-state index in [1.54, 1.807) is 30.3 Å². The molecular weight excluding hydrogens is 443 g/mol. The van der Waals surface area contributed by atoms with Crippen LogP contribution in [0.5, 0.6) is 0 Å². The normalized spacial score (nSPS) is 14.8. The van der Waals surface area contributed by atoms with Crippen LogP contribution < -0.4 is 5.32 Å². The van der Waals surface area contributed by atoms with Crippen molar-refractivity contribution in [1.29, 1.82) is 0 Å². The Balaban J connectivity index is 1.40. The van der Waals surface area contributed by atoms with E-state index in [4.69, 9.17) is 23.2 Å². The largest absolute Gasteiger partial charge is 0.325 e. The summed E-state index contributed by atoms with van der Waals surface area (Å²) < 4.78 is 0. The van der Waals surface area contributed by atoms with E-state index in [0.29, 0.717) is 21.8 Å². The Morgan fingerprint density at radius 1 is 0.875 bits per heavy atom. The Bertz CT molecular complexity index is 1110. The minimum absolute atomic E-state index is 0.0585. The third-order valence-electron chi connectivity index (χ3n) is 5.77. The molecule has 0 unspecified atom stereocenters. The Morgan fingerprint density at radius 3 is 2.31 bits per heavy atom. The van der Waals surface area contributed by atoms with Gasteiger partial charge in [0.1, 0.15) is 0 Å². The number of halogens is 2. The molecule has 0 aliphatic carbocycles. The molecule has 4 nitrogen and oxygen atoms in total. The number of carbonyl (C=O) groups excluding carboxylic acids is 2. The highest BCUT2D eigenvalue weighted by Crippen LogP contribution is 2.26. The quantitative estimate of drug-likeness (QED) is 0.448. The minimum Gasteiger partial charge on any atom is -0.325 e. The number of nitrogens with one attached hydrogen (secondary N) is 1. The number of amides is 1. The molecule has 0 radical (unpaired) electrons. The van der Waals surface area contributed by atoms with Crippen molar-refractivity contribution in [2.45, 2.75) is 19.4 Å². The fourth-order valence-corrected chi connectivity index (χ4v) is 4.42. The molecule has 164 valence electrons. The standard InChI is InChI=1S/C26H24Cl2N2O2/c27-21-8-4-5-18(15-21)17-30-13-11-20(12-14-30)26(32)29-24-10-9-22(28)16-23(24)25(31)19-6-2-1-3-7-19/h1-10,15-16,20H,11-14,17H2,(H,29,32). The molecule has 4 rings (SSSR count). The fourth-order valence-electron chi connectivity index (χ4n) is 4.04. The topological polar surface area (TPSA) is 49.4 Å². The van der Waals surface area contributed by atoms with Crippen molar-refractivity contribution in [1.82, 2.24) is 4.90 Å². The van der Waals surface area contributed by atoms with E-state index < -0.39 is 0 Å². The maximum atomic E-state index is 13.0. The fraction of sp³-hybridized carbons (Fsp3) is 0.231. The number of nitrogens with zero attached hydrogens (tertiary/aromatic N) is 1. The van der Waals surface area contributed by atoms with Gasteiger partial charge in [-0.05, 0) is 61.8 Å². The van der Waals surface area contributed by atoms with Crippen molar-refractivity contribution < 1.29 is 9.59 Å². The second-order valence-electron chi connectivity index (χ2n) is 8.05. The van der Waals surface area contributed by atoms with Crippen molar-refractivity contribution in [3.05, 3.63) is 99.5 Å². The van der Waals surface area contributed by atoms with Crippen LogP contribution in [0.4, 0.5) is 5.69 Å². The van der Waals surface area contributed by atoms with Gasteiger partial charge in [-0.3, -0.25) is 14.5 Å². The lowest BCUT2D eigenvalue weighted by atomic mass is 9.95. The Morgan fingerprint density at radius 2 is 1.59 bits per heavy atom. The van der Waals surface area contributed by atoms with Crippen LogP contribution in [-0.2, 0) is 11.3 Å². The lowest BCUT2D eigenvalue weighted by Crippen LogP contribution is -2.37. The summed E-state index contributed by atoms with van der Waals surface area (Å²) in [4.78, 5) is 28.3. The van der Waals surface area contributed by atoms with E-state index in [0.717, 1.165) is 37.5 Å². The number of ketones is 1. The van der Waals surface area contributed by atoms with Crippen LogP contribution in [0, 0.1) is 5.92 Å². The lowest BCUT2D eigenvalue weighted by molar-refractivity contribution is -0.121. The molecule has 1 aliphatic heterocycles. The molecule has 0 atom stereocenters. The van der Waals surface area contributed by atoms with Gasteiger partial charge in [-0.2, -0.15) is 0 Å². The first-order chi connectivity index (χ1) is 15.5. The molecular formula is C26H24Cl2N2O2. The van der Waals surface area contributed by atoms with E-state index >= 15 is 0 Å². The molecule has 1 fully saturated rings. The van der Waals surface area contributed by atoms with Crippen LogP contribution >= 0.6 is 23.2 Å². The van der Waals surface area contributed by atoms with Crippen molar-refractivity contribution in [2.24, 2.45) is 5.92 Å². The van der Waals surface area contributed by atoms with Gasteiger partial charge >= 0.3 is 0 Å². The van der Waals surface area contributed by atoms with Crippen molar-refractivity contribution in [2.75, 3.05) is 18.4 Å². The molecule has 0 aromatic heterocycles. The smallest absolute Gasteiger partial charge is 0.227 e. The summed E-state index contributed by atoms with van der Waals surface area (Å²) in [6.45, 7) is 2.49. The van der Waals surface area contributed by atoms with E-state index in [2.05, 4.69) is 16.3 Å². The van der Waals surface area contributed by atoms with Gasteiger partial charge in [0, 0.05) is 33.6 Å². The first-order valence-corrected chi connectivity index (χ1v) is 11.4. The molecule has 0 spiro atoms. The molecule has 1 saturated heterocycles. The van der Waals surface area contributed by atoms with Crippen molar-refractivity contribution >= 4 is 40.6 Å². The number of likely N-dealkylation sites (tertiary alicyclic amines) is 1. The van der Waals surface area contributed by atoms with Gasteiger partial charge in [-0.1, -0.05) is 65.7 Å². The number of hydrogen-bond acceptors (Lipinski definition) is 3. The monoisotopic (exact) mass is 466 g/mol. The Labute approximate surface area is 198 Å². The number of carbonyl (C=O) groups is 2. The van der Waals surface area contributed by atoms with Gasteiger partial charge in [0.25, 0.3) is 0 Å². The van der Waals surface area contributed by atoms with E-state index in [1.165, 1.54) is 5.56 Å². The molecule has 1 amide bonds. The SMILES string of the molecule is O=C(c1ccccc1)c1cc(Cl)ccc1NC(=O)C1CCN(Cc2cccc(Cl)c2)CC1. The minimum atomic E-state index is -0.167. The predicted molar refractivity (Wildman–Crippen MR) is 129 cm³/mol. The number of benzene rings is 3. The molecule has 3 aromatic rings. The summed E-state index contributed by atoms with van der Waals surface area (Å²) in [7, 11) is 0. The summed E-state index contributed by atoms with van der Waals surface area (Å²) in [5, 5.41) is 4.17. The zero-order valence-electron chi connectivity index (χ0n) is 17.6. The van der Waals surface area contributed by atoms with E-state index in [1.807, 2.05) is 36.4 Å². The number of hydrogen-bond donors (Lipinski definition) is 1. The molecule has 0 bridgehead atoms. The zero-order chi connectivity index (χ0) is 22.5. The summed E-state index contributed by atoms with van der Waals surface area (Å²) in [5.41, 5.74) is 2.62. The van der Waals surface area contributed by atoms with Crippen molar-refractivity contribution in [3.8, 4) is 0 Å². The van der Waals surface area contributed by atoms with Gasteiger partial charge in [0.05, 0.1) is 5.69 Å². The third kappa shape index (κ3) is 5.57. The summed E-state index contributed by atoms with van der Waals surface area (Å²) in [6.07, 6.45) is 1.53. The number of anilines is 1. The van der Waals surface area contributed by atoms with Crippen LogP contribution in [-0.4, -0.2) is 29.7 Å². The maximum absolute atomic E-state index is 13.0.